The molecule has 2 rings (SSSR count). The first-order valence-electron chi connectivity index (χ1n) is 6.22. The summed E-state index contributed by atoms with van der Waals surface area (Å²) in [6, 6.07) is 11.1. The van der Waals surface area contributed by atoms with E-state index in [0.29, 0.717) is 11.6 Å². The fourth-order valence-electron chi connectivity index (χ4n) is 1.84. The number of hydrogen-bond acceptors (Lipinski definition) is 3. The van der Waals surface area contributed by atoms with Crippen LogP contribution in [0, 0.1) is 0 Å². The van der Waals surface area contributed by atoms with Crippen LogP contribution in [-0.2, 0) is 6.54 Å². The number of aliphatic hydroxyl groups is 1. The molecule has 2 atom stereocenters. The Morgan fingerprint density at radius 1 is 1.26 bits per heavy atom. The predicted molar refractivity (Wildman–Crippen MR) is 77.0 cm³/mol. The zero-order valence-electron chi connectivity index (χ0n) is 10.8. The topological polar surface area (TPSA) is 45.2 Å². The average molecular weight is 277 g/mol. The molecule has 2 unspecified atom stereocenters. The highest BCUT2D eigenvalue weighted by Crippen LogP contribution is 2.19. The van der Waals surface area contributed by atoms with Gasteiger partial charge >= 0.3 is 0 Å². The van der Waals surface area contributed by atoms with Gasteiger partial charge < -0.3 is 10.4 Å². The molecule has 0 aliphatic heterocycles. The lowest BCUT2D eigenvalue weighted by atomic mass is 10.0. The molecular formula is C15H17ClN2O. The van der Waals surface area contributed by atoms with Gasteiger partial charge in [0.2, 0.25) is 0 Å². The average Bonchev–Trinajstić information content (AvgIpc) is 2.46. The third-order valence-electron chi connectivity index (χ3n) is 3.04. The Morgan fingerprint density at radius 3 is 2.63 bits per heavy atom. The first-order valence-corrected chi connectivity index (χ1v) is 6.60. The van der Waals surface area contributed by atoms with E-state index in [2.05, 4.69) is 10.3 Å². The largest absolute Gasteiger partial charge is 0.387 e. The second-order valence-electron chi connectivity index (χ2n) is 4.53. The maximum atomic E-state index is 10.2. The number of rotatable bonds is 5. The van der Waals surface area contributed by atoms with Crippen LogP contribution in [0.1, 0.15) is 24.2 Å². The molecule has 0 saturated heterocycles. The SMILES string of the molecule is CC(NCc1cccnc1)C(O)c1ccc(Cl)cc1. The molecule has 0 aliphatic rings. The van der Waals surface area contributed by atoms with E-state index in [-0.39, 0.29) is 6.04 Å². The van der Waals surface area contributed by atoms with Crippen LogP contribution in [0.4, 0.5) is 0 Å². The lowest BCUT2D eigenvalue weighted by Crippen LogP contribution is -2.31. The van der Waals surface area contributed by atoms with Crippen molar-refractivity contribution in [3.8, 4) is 0 Å². The monoisotopic (exact) mass is 276 g/mol. The first kappa shape index (κ1) is 14.0. The number of pyridine rings is 1. The first-order chi connectivity index (χ1) is 9.16. The van der Waals surface area contributed by atoms with E-state index in [4.69, 9.17) is 11.6 Å². The van der Waals surface area contributed by atoms with Crippen molar-refractivity contribution in [1.82, 2.24) is 10.3 Å². The molecule has 100 valence electrons. The van der Waals surface area contributed by atoms with E-state index in [1.165, 1.54) is 0 Å². The molecule has 0 radical (unpaired) electrons. The molecule has 1 heterocycles. The number of hydrogen-bond donors (Lipinski definition) is 2. The molecule has 0 saturated carbocycles. The summed E-state index contributed by atoms with van der Waals surface area (Å²) in [5, 5.41) is 14.2. The highest BCUT2D eigenvalue weighted by atomic mass is 35.5. The van der Waals surface area contributed by atoms with Gasteiger partial charge in [-0.15, -0.1) is 0 Å². The minimum absolute atomic E-state index is 0.0543. The van der Waals surface area contributed by atoms with Gasteiger partial charge in [-0.25, -0.2) is 0 Å². The Balaban J connectivity index is 1.92. The van der Waals surface area contributed by atoms with Crippen molar-refractivity contribution in [2.24, 2.45) is 0 Å². The lowest BCUT2D eigenvalue weighted by Gasteiger charge is -2.20. The van der Waals surface area contributed by atoms with Crippen LogP contribution in [0.5, 0.6) is 0 Å². The summed E-state index contributed by atoms with van der Waals surface area (Å²) in [5.74, 6) is 0. The third kappa shape index (κ3) is 4.03. The number of benzene rings is 1. The third-order valence-corrected chi connectivity index (χ3v) is 3.29. The molecule has 0 bridgehead atoms. The van der Waals surface area contributed by atoms with E-state index < -0.39 is 6.10 Å². The van der Waals surface area contributed by atoms with Crippen molar-refractivity contribution in [1.29, 1.82) is 0 Å². The lowest BCUT2D eigenvalue weighted by molar-refractivity contribution is 0.135. The summed E-state index contributed by atoms with van der Waals surface area (Å²) in [6.07, 6.45) is 3.00. The van der Waals surface area contributed by atoms with Gasteiger partial charge in [-0.05, 0) is 36.2 Å². The highest BCUT2D eigenvalue weighted by molar-refractivity contribution is 6.30. The molecule has 1 aromatic carbocycles. The van der Waals surface area contributed by atoms with Gasteiger partial charge in [0.25, 0.3) is 0 Å². The number of nitrogens with one attached hydrogen (secondary N) is 1. The fourth-order valence-corrected chi connectivity index (χ4v) is 1.97. The van der Waals surface area contributed by atoms with Crippen molar-refractivity contribution in [3.63, 3.8) is 0 Å². The molecule has 0 aliphatic carbocycles. The second kappa shape index (κ2) is 6.66. The summed E-state index contributed by atoms with van der Waals surface area (Å²) >= 11 is 5.83. The quantitative estimate of drug-likeness (QED) is 0.883. The Bertz CT molecular complexity index is 501. The second-order valence-corrected chi connectivity index (χ2v) is 4.96. The summed E-state index contributed by atoms with van der Waals surface area (Å²) in [6.45, 7) is 2.63. The van der Waals surface area contributed by atoms with Gasteiger partial charge in [-0.2, -0.15) is 0 Å². The number of aliphatic hydroxyl groups excluding tert-OH is 1. The van der Waals surface area contributed by atoms with Gasteiger partial charge in [-0.3, -0.25) is 4.98 Å². The Morgan fingerprint density at radius 2 is 2.00 bits per heavy atom. The van der Waals surface area contributed by atoms with Crippen LogP contribution >= 0.6 is 11.6 Å². The van der Waals surface area contributed by atoms with E-state index in [0.717, 1.165) is 11.1 Å². The fraction of sp³-hybridized carbons (Fsp3) is 0.267. The normalized spacial score (nSPS) is 14.1. The van der Waals surface area contributed by atoms with Crippen LogP contribution in [0.25, 0.3) is 0 Å². The Labute approximate surface area is 118 Å². The van der Waals surface area contributed by atoms with Gasteiger partial charge in [-0.1, -0.05) is 29.8 Å². The van der Waals surface area contributed by atoms with Crippen molar-refractivity contribution in [3.05, 3.63) is 64.9 Å². The number of halogens is 1. The highest BCUT2D eigenvalue weighted by Gasteiger charge is 2.15. The van der Waals surface area contributed by atoms with E-state index >= 15 is 0 Å². The molecule has 0 fully saturated rings. The van der Waals surface area contributed by atoms with Crippen LogP contribution in [0.3, 0.4) is 0 Å². The minimum Gasteiger partial charge on any atom is -0.387 e. The van der Waals surface area contributed by atoms with Gasteiger partial charge in [0.05, 0.1) is 6.10 Å². The predicted octanol–water partition coefficient (Wildman–Crippen LogP) is 2.95. The smallest absolute Gasteiger partial charge is 0.0940 e. The summed E-state index contributed by atoms with van der Waals surface area (Å²) in [7, 11) is 0. The van der Waals surface area contributed by atoms with Crippen LogP contribution in [-0.4, -0.2) is 16.1 Å². The van der Waals surface area contributed by atoms with Crippen LogP contribution in [0.15, 0.2) is 48.8 Å². The molecule has 0 spiro atoms. The van der Waals surface area contributed by atoms with Gasteiger partial charge in [0, 0.05) is 30.0 Å². The Hall–Kier alpha value is -1.42. The maximum absolute atomic E-state index is 10.2. The molecule has 19 heavy (non-hydrogen) atoms. The summed E-state index contributed by atoms with van der Waals surface area (Å²) < 4.78 is 0. The van der Waals surface area contributed by atoms with E-state index in [1.807, 2.05) is 37.4 Å². The molecule has 4 heteroatoms. The molecular weight excluding hydrogens is 260 g/mol. The zero-order chi connectivity index (χ0) is 13.7. The number of nitrogens with zero attached hydrogens (tertiary/aromatic N) is 1. The zero-order valence-corrected chi connectivity index (χ0v) is 11.5. The van der Waals surface area contributed by atoms with Crippen LogP contribution < -0.4 is 5.32 Å². The summed E-state index contributed by atoms with van der Waals surface area (Å²) in [5.41, 5.74) is 1.95. The summed E-state index contributed by atoms with van der Waals surface area (Å²) in [4.78, 5) is 4.06. The van der Waals surface area contributed by atoms with Gasteiger partial charge in [0.1, 0.15) is 0 Å². The standard InChI is InChI=1S/C15H17ClN2O/c1-11(18-10-12-3-2-8-17-9-12)15(19)13-4-6-14(16)7-5-13/h2-9,11,15,18-19H,10H2,1H3. The molecule has 3 nitrogen and oxygen atoms in total. The Kier molecular flexibility index (Phi) is 4.91. The van der Waals surface area contributed by atoms with Crippen molar-refractivity contribution >= 4 is 11.6 Å². The van der Waals surface area contributed by atoms with E-state index in [1.54, 1.807) is 18.3 Å². The minimum atomic E-state index is -0.561. The number of aromatic nitrogens is 1. The molecule has 0 amide bonds. The van der Waals surface area contributed by atoms with Crippen LogP contribution in [0.2, 0.25) is 5.02 Å². The van der Waals surface area contributed by atoms with E-state index in [9.17, 15) is 5.11 Å². The van der Waals surface area contributed by atoms with Crippen molar-refractivity contribution in [2.45, 2.75) is 25.6 Å². The molecule has 2 aromatic rings. The maximum Gasteiger partial charge on any atom is 0.0940 e. The molecule has 2 N–H and O–H groups in total. The molecule has 1 aromatic heterocycles. The van der Waals surface area contributed by atoms with Crippen molar-refractivity contribution in [2.75, 3.05) is 0 Å². The van der Waals surface area contributed by atoms with Crippen molar-refractivity contribution < 1.29 is 5.11 Å². The van der Waals surface area contributed by atoms with Gasteiger partial charge in [0.15, 0.2) is 0 Å².